The topological polar surface area (TPSA) is 84.3 Å². The lowest BCUT2D eigenvalue weighted by Gasteiger charge is -2.08. The summed E-state index contributed by atoms with van der Waals surface area (Å²) in [5.41, 5.74) is 2.07. The predicted octanol–water partition coefficient (Wildman–Crippen LogP) is 3.31. The zero-order chi connectivity index (χ0) is 18.4. The fraction of sp³-hybridized carbons (Fsp3) is 0.105. The lowest BCUT2D eigenvalue weighted by atomic mass is 10.1. The number of hydrogen-bond donors (Lipinski definition) is 2. The summed E-state index contributed by atoms with van der Waals surface area (Å²) in [6.45, 7) is 0.440. The Kier molecular flexibility index (Phi) is 5.66. The molecule has 6 nitrogen and oxygen atoms in total. The Morgan fingerprint density at radius 1 is 1.08 bits per heavy atom. The van der Waals surface area contributed by atoms with E-state index in [2.05, 4.69) is 15.3 Å². The Labute approximate surface area is 155 Å². The summed E-state index contributed by atoms with van der Waals surface area (Å²) in [5.74, 6) is -0.584. The molecule has 1 heterocycles. The molecule has 2 aromatic carbocycles. The Balaban J connectivity index is 1.48. The summed E-state index contributed by atoms with van der Waals surface area (Å²) in [4.78, 5) is 20.3. The van der Waals surface area contributed by atoms with Crippen LogP contribution >= 0.6 is 11.6 Å². The maximum absolute atomic E-state index is 12.0. The number of hydrogen-bond acceptors (Lipinski definition) is 5. The van der Waals surface area contributed by atoms with Gasteiger partial charge >= 0.3 is 6.01 Å². The summed E-state index contributed by atoms with van der Waals surface area (Å²) in [7, 11) is 0. The fourth-order valence-electron chi connectivity index (χ4n) is 2.27. The fourth-order valence-corrected chi connectivity index (χ4v) is 2.44. The predicted molar refractivity (Wildman–Crippen MR) is 98.4 cm³/mol. The van der Waals surface area contributed by atoms with Gasteiger partial charge in [-0.3, -0.25) is 4.79 Å². The lowest BCUT2D eigenvalue weighted by Crippen LogP contribution is -2.28. The van der Waals surface area contributed by atoms with Crippen LogP contribution in [-0.2, 0) is 0 Å². The molecule has 0 fully saturated rings. The highest BCUT2D eigenvalue weighted by Crippen LogP contribution is 2.21. The van der Waals surface area contributed by atoms with E-state index in [-0.39, 0.29) is 30.5 Å². The minimum atomic E-state index is -0.414. The minimum absolute atomic E-state index is 0.151. The van der Waals surface area contributed by atoms with E-state index >= 15 is 0 Å². The molecule has 0 bridgehead atoms. The van der Waals surface area contributed by atoms with Crippen molar-refractivity contribution in [3.63, 3.8) is 0 Å². The molecule has 0 saturated carbocycles. The molecule has 7 heteroatoms. The number of amides is 1. The van der Waals surface area contributed by atoms with Crippen LogP contribution in [0, 0.1) is 0 Å². The van der Waals surface area contributed by atoms with Gasteiger partial charge in [0.1, 0.15) is 12.4 Å². The van der Waals surface area contributed by atoms with Crippen molar-refractivity contribution in [3.05, 3.63) is 71.5 Å². The van der Waals surface area contributed by atoms with Crippen LogP contribution in [0.15, 0.2) is 60.9 Å². The summed E-state index contributed by atoms with van der Waals surface area (Å²) in [6, 6.07) is 14.3. The number of aromatic hydroxyl groups is 1. The maximum atomic E-state index is 12.0. The molecule has 0 aliphatic carbocycles. The zero-order valence-electron chi connectivity index (χ0n) is 13.7. The third-order valence-corrected chi connectivity index (χ3v) is 3.79. The summed E-state index contributed by atoms with van der Waals surface area (Å²) in [5, 5.41) is 12.7. The van der Waals surface area contributed by atoms with Crippen LogP contribution in [0.3, 0.4) is 0 Å². The van der Waals surface area contributed by atoms with E-state index in [1.807, 2.05) is 30.3 Å². The number of nitrogens with one attached hydrogen (secondary N) is 1. The number of rotatable bonds is 6. The average Bonchev–Trinajstić information content (AvgIpc) is 2.66. The molecule has 2 N–H and O–H groups in total. The van der Waals surface area contributed by atoms with Gasteiger partial charge in [0.05, 0.1) is 12.1 Å². The van der Waals surface area contributed by atoms with E-state index < -0.39 is 5.91 Å². The summed E-state index contributed by atoms with van der Waals surface area (Å²) >= 11 is 5.74. The molecule has 0 aliphatic heterocycles. The molecule has 0 spiro atoms. The molecular weight excluding hydrogens is 354 g/mol. The Bertz CT molecular complexity index is 886. The molecule has 0 atom stereocenters. The first-order chi connectivity index (χ1) is 12.6. The zero-order valence-corrected chi connectivity index (χ0v) is 14.5. The van der Waals surface area contributed by atoms with Crippen molar-refractivity contribution < 1.29 is 14.6 Å². The average molecular weight is 370 g/mol. The van der Waals surface area contributed by atoms with E-state index in [9.17, 15) is 9.90 Å². The second-order valence-corrected chi connectivity index (χ2v) is 5.82. The quantitative estimate of drug-likeness (QED) is 0.651. The number of nitrogens with zero attached hydrogens (tertiary/aromatic N) is 2. The van der Waals surface area contributed by atoms with E-state index in [4.69, 9.17) is 16.3 Å². The van der Waals surface area contributed by atoms with Crippen molar-refractivity contribution in [3.8, 4) is 22.9 Å². The third-order valence-electron chi connectivity index (χ3n) is 3.56. The first-order valence-electron chi connectivity index (χ1n) is 7.90. The molecule has 132 valence electrons. The number of aromatic nitrogens is 2. The maximum Gasteiger partial charge on any atom is 0.316 e. The van der Waals surface area contributed by atoms with Crippen molar-refractivity contribution in [1.82, 2.24) is 15.3 Å². The van der Waals surface area contributed by atoms with Crippen molar-refractivity contribution in [1.29, 1.82) is 0 Å². The molecule has 3 rings (SSSR count). The van der Waals surface area contributed by atoms with E-state index in [1.54, 1.807) is 12.4 Å². The van der Waals surface area contributed by atoms with Crippen LogP contribution in [0.5, 0.6) is 11.8 Å². The van der Waals surface area contributed by atoms with Gasteiger partial charge in [-0.05, 0) is 23.8 Å². The van der Waals surface area contributed by atoms with Gasteiger partial charge in [-0.1, -0.05) is 41.9 Å². The van der Waals surface area contributed by atoms with Crippen LogP contribution in [0.1, 0.15) is 10.4 Å². The largest absolute Gasteiger partial charge is 0.507 e. The number of carbonyl (C=O) groups excluding carboxylic acids is 1. The van der Waals surface area contributed by atoms with Crippen molar-refractivity contribution in [2.45, 2.75) is 0 Å². The molecule has 1 amide bonds. The van der Waals surface area contributed by atoms with E-state index in [0.29, 0.717) is 5.02 Å². The number of carbonyl (C=O) groups is 1. The number of benzene rings is 2. The summed E-state index contributed by atoms with van der Waals surface area (Å²) in [6.07, 6.45) is 3.37. The first kappa shape index (κ1) is 17.7. The van der Waals surface area contributed by atoms with Crippen LogP contribution in [0.2, 0.25) is 5.02 Å². The van der Waals surface area contributed by atoms with E-state index in [0.717, 1.165) is 11.1 Å². The lowest BCUT2D eigenvalue weighted by molar-refractivity contribution is 0.0943. The standard InChI is InChI=1S/C19H16ClN3O3/c20-15-6-7-16(17(24)10-15)18(25)21-8-9-26-19-22-11-14(12-23-19)13-4-2-1-3-5-13/h1-7,10-12,24H,8-9H2,(H,21,25). The highest BCUT2D eigenvalue weighted by atomic mass is 35.5. The molecular formula is C19H16ClN3O3. The van der Waals surface area contributed by atoms with Crippen LogP contribution in [-0.4, -0.2) is 34.1 Å². The molecule has 0 saturated heterocycles. The molecule has 0 unspecified atom stereocenters. The SMILES string of the molecule is O=C(NCCOc1ncc(-c2ccccc2)cn1)c1ccc(Cl)cc1O. The molecule has 0 radical (unpaired) electrons. The Morgan fingerprint density at radius 3 is 2.50 bits per heavy atom. The molecule has 26 heavy (non-hydrogen) atoms. The van der Waals surface area contributed by atoms with Crippen molar-refractivity contribution >= 4 is 17.5 Å². The number of phenols is 1. The number of phenolic OH excluding ortho intramolecular Hbond substituents is 1. The second kappa shape index (κ2) is 8.31. The normalized spacial score (nSPS) is 10.3. The van der Waals surface area contributed by atoms with Gasteiger partial charge in [-0.25, -0.2) is 9.97 Å². The minimum Gasteiger partial charge on any atom is -0.507 e. The first-order valence-corrected chi connectivity index (χ1v) is 8.28. The highest BCUT2D eigenvalue weighted by molar-refractivity contribution is 6.30. The molecule has 0 aliphatic rings. The smallest absolute Gasteiger partial charge is 0.316 e. The van der Waals surface area contributed by atoms with E-state index in [1.165, 1.54) is 18.2 Å². The Hall–Kier alpha value is -3.12. The monoisotopic (exact) mass is 369 g/mol. The van der Waals surface area contributed by atoms with Crippen LogP contribution in [0.25, 0.3) is 11.1 Å². The highest BCUT2D eigenvalue weighted by Gasteiger charge is 2.11. The van der Waals surface area contributed by atoms with Gasteiger partial charge < -0.3 is 15.2 Å². The van der Waals surface area contributed by atoms with Gasteiger partial charge in [-0.15, -0.1) is 0 Å². The molecule has 1 aromatic heterocycles. The van der Waals surface area contributed by atoms with Gasteiger partial charge in [0.15, 0.2) is 0 Å². The third kappa shape index (κ3) is 4.49. The number of ether oxygens (including phenoxy) is 1. The van der Waals surface area contributed by atoms with Gasteiger partial charge in [-0.2, -0.15) is 0 Å². The van der Waals surface area contributed by atoms with Gasteiger partial charge in [0.25, 0.3) is 5.91 Å². The van der Waals surface area contributed by atoms with Crippen molar-refractivity contribution in [2.75, 3.05) is 13.2 Å². The van der Waals surface area contributed by atoms with Gasteiger partial charge in [0, 0.05) is 23.0 Å². The van der Waals surface area contributed by atoms with Crippen molar-refractivity contribution in [2.24, 2.45) is 0 Å². The Morgan fingerprint density at radius 2 is 1.81 bits per heavy atom. The van der Waals surface area contributed by atoms with Crippen LogP contribution in [0.4, 0.5) is 0 Å². The van der Waals surface area contributed by atoms with Crippen LogP contribution < -0.4 is 10.1 Å². The second-order valence-electron chi connectivity index (χ2n) is 5.39. The number of halogens is 1. The van der Waals surface area contributed by atoms with Gasteiger partial charge in [0.2, 0.25) is 0 Å². The summed E-state index contributed by atoms with van der Waals surface area (Å²) < 4.78 is 5.41. The molecule has 3 aromatic rings.